The minimum Gasteiger partial charge on any atom is -0.370 e. The first kappa shape index (κ1) is 21.5. The average Bonchev–Trinajstić information content (AvgIpc) is 2.95. The van der Waals surface area contributed by atoms with E-state index in [9.17, 15) is 4.79 Å². The third-order valence-electron chi connectivity index (χ3n) is 5.02. The second-order valence-corrected chi connectivity index (χ2v) is 7.05. The Kier molecular flexibility index (Phi) is 8.06. The van der Waals surface area contributed by atoms with Crippen LogP contribution in [0.15, 0.2) is 24.3 Å². The molecule has 1 aromatic heterocycles. The van der Waals surface area contributed by atoms with E-state index in [0.29, 0.717) is 32.4 Å². The number of aromatic nitrogens is 2. The van der Waals surface area contributed by atoms with Gasteiger partial charge in [-0.05, 0) is 57.4 Å². The number of likely N-dealkylation sites (N-methyl/N-ethyl adjacent to an activating group) is 1. The molecule has 0 unspecified atom stereocenters. The lowest BCUT2D eigenvalue weighted by atomic mass is 10.1. The van der Waals surface area contributed by atoms with Gasteiger partial charge in [-0.25, -0.2) is 0 Å². The number of nitrogens with one attached hydrogen (secondary N) is 1. The van der Waals surface area contributed by atoms with Gasteiger partial charge in [0.15, 0.2) is 0 Å². The molecular weight excluding hydrogens is 350 g/mol. The van der Waals surface area contributed by atoms with E-state index < -0.39 is 0 Å². The van der Waals surface area contributed by atoms with Crippen LogP contribution < -0.4 is 10.2 Å². The molecule has 0 atom stereocenters. The first-order valence-electron chi connectivity index (χ1n) is 9.94. The van der Waals surface area contributed by atoms with Gasteiger partial charge in [0.1, 0.15) is 0 Å². The number of benzene rings is 1. The quantitative estimate of drug-likeness (QED) is 0.685. The zero-order valence-corrected chi connectivity index (χ0v) is 17.5. The molecule has 1 heterocycles. The Morgan fingerprint density at radius 1 is 1.32 bits per heavy atom. The minimum absolute atomic E-state index is 0.0591. The molecule has 0 spiro atoms. The Hall–Kier alpha value is -2.81. The Balaban J connectivity index is 1.81. The van der Waals surface area contributed by atoms with Gasteiger partial charge >= 0.3 is 0 Å². The molecule has 0 aliphatic rings. The largest absolute Gasteiger partial charge is 0.370 e. The number of nitriles is 1. The molecule has 0 aliphatic heterocycles. The van der Waals surface area contributed by atoms with Gasteiger partial charge in [-0.2, -0.15) is 10.4 Å². The van der Waals surface area contributed by atoms with E-state index in [1.54, 1.807) is 0 Å². The SMILES string of the molecule is CCN(CCNC(=O)CCc1c(C)nn(CCC#N)c1C)c1cccc(C)c1. The van der Waals surface area contributed by atoms with Crippen molar-refractivity contribution in [1.29, 1.82) is 5.26 Å². The van der Waals surface area contributed by atoms with Gasteiger partial charge in [-0.15, -0.1) is 0 Å². The summed E-state index contributed by atoms with van der Waals surface area (Å²) in [5.41, 5.74) is 5.54. The maximum Gasteiger partial charge on any atom is 0.220 e. The highest BCUT2D eigenvalue weighted by atomic mass is 16.1. The summed E-state index contributed by atoms with van der Waals surface area (Å²) in [6, 6.07) is 10.6. The number of rotatable bonds is 10. The van der Waals surface area contributed by atoms with E-state index in [-0.39, 0.29) is 5.91 Å². The van der Waals surface area contributed by atoms with E-state index >= 15 is 0 Å². The molecule has 0 radical (unpaired) electrons. The molecule has 0 bridgehead atoms. The fourth-order valence-corrected chi connectivity index (χ4v) is 3.42. The number of hydrogen-bond acceptors (Lipinski definition) is 4. The zero-order valence-electron chi connectivity index (χ0n) is 17.5. The van der Waals surface area contributed by atoms with E-state index in [2.05, 4.69) is 59.5 Å². The van der Waals surface area contributed by atoms with Gasteiger partial charge in [0.25, 0.3) is 0 Å². The standard InChI is InChI=1S/C22H31N5O/c1-5-26(20-9-6-8-17(2)16-20)15-13-24-22(28)11-10-21-18(3)25-27(19(21)4)14-7-12-23/h6,8-9,16H,5,7,10-11,13-15H2,1-4H3,(H,24,28). The fraction of sp³-hybridized carbons (Fsp3) is 0.500. The van der Waals surface area contributed by atoms with Crippen molar-refractivity contribution in [3.05, 3.63) is 46.8 Å². The van der Waals surface area contributed by atoms with E-state index in [4.69, 9.17) is 5.26 Å². The Morgan fingerprint density at radius 2 is 2.11 bits per heavy atom. The number of aryl methyl sites for hydroxylation is 3. The van der Waals surface area contributed by atoms with Crippen molar-refractivity contribution in [1.82, 2.24) is 15.1 Å². The highest BCUT2D eigenvalue weighted by Crippen LogP contribution is 2.16. The average molecular weight is 382 g/mol. The van der Waals surface area contributed by atoms with Crippen LogP contribution in [0, 0.1) is 32.1 Å². The normalized spacial score (nSPS) is 10.5. The molecule has 1 aromatic carbocycles. The topological polar surface area (TPSA) is 74.0 Å². The van der Waals surface area contributed by atoms with Gasteiger partial charge in [0.05, 0.1) is 24.7 Å². The summed E-state index contributed by atoms with van der Waals surface area (Å²) < 4.78 is 1.87. The number of hydrogen-bond donors (Lipinski definition) is 1. The van der Waals surface area contributed by atoms with Crippen LogP contribution in [-0.2, 0) is 17.8 Å². The van der Waals surface area contributed by atoms with Crippen molar-refractivity contribution in [2.75, 3.05) is 24.5 Å². The maximum atomic E-state index is 12.3. The highest BCUT2D eigenvalue weighted by Gasteiger charge is 2.13. The van der Waals surface area contributed by atoms with Crippen molar-refractivity contribution in [2.45, 2.75) is 53.5 Å². The second kappa shape index (κ2) is 10.5. The fourth-order valence-electron chi connectivity index (χ4n) is 3.42. The van der Waals surface area contributed by atoms with Crippen LogP contribution in [0.2, 0.25) is 0 Å². The van der Waals surface area contributed by atoms with Gasteiger partial charge in [-0.1, -0.05) is 12.1 Å². The van der Waals surface area contributed by atoms with Gasteiger partial charge in [-0.3, -0.25) is 9.48 Å². The van der Waals surface area contributed by atoms with Gasteiger partial charge < -0.3 is 10.2 Å². The van der Waals surface area contributed by atoms with E-state index in [1.165, 1.54) is 11.3 Å². The summed E-state index contributed by atoms with van der Waals surface area (Å²) >= 11 is 0. The summed E-state index contributed by atoms with van der Waals surface area (Å²) in [6.45, 7) is 11.1. The molecule has 2 aromatic rings. The molecule has 0 saturated heterocycles. The lowest BCUT2D eigenvalue weighted by molar-refractivity contribution is -0.120. The van der Waals surface area contributed by atoms with Crippen molar-refractivity contribution in [2.24, 2.45) is 0 Å². The Morgan fingerprint density at radius 3 is 2.79 bits per heavy atom. The molecule has 0 saturated carbocycles. The summed E-state index contributed by atoms with van der Waals surface area (Å²) in [7, 11) is 0. The summed E-state index contributed by atoms with van der Waals surface area (Å²) in [4.78, 5) is 14.5. The smallest absolute Gasteiger partial charge is 0.220 e. The Bertz CT molecular complexity index is 834. The van der Waals surface area contributed by atoms with Crippen LogP contribution >= 0.6 is 0 Å². The molecular formula is C22H31N5O. The van der Waals surface area contributed by atoms with Crippen LogP contribution in [0.3, 0.4) is 0 Å². The van der Waals surface area contributed by atoms with Crippen molar-refractivity contribution in [3.8, 4) is 6.07 Å². The first-order valence-corrected chi connectivity index (χ1v) is 9.94. The number of anilines is 1. The number of nitrogens with zero attached hydrogens (tertiary/aromatic N) is 4. The predicted octanol–water partition coefficient (Wildman–Crippen LogP) is 3.30. The lowest BCUT2D eigenvalue weighted by Gasteiger charge is -2.23. The molecule has 150 valence electrons. The maximum absolute atomic E-state index is 12.3. The zero-order chi connectivity index (χ0) is 20.5. The Labute approximate surface area is 168 Å². The number of amides is 1. The van der Waals surface area contributed by atoms with E-state index in [1.807, 2.05) is 18.5 Å². The molecule has 1 N–H and O–H groups in total. The summed E-state index contributed by atoms with van der Waals surface area (Å²) in [5.74, 6) is 0.0591. The van der Waals surface area contributed by atoms with Gasteiger partial charge in [0, 0.05) is 37.4 Å². The minimum atomic E-state index is 0.0591. The predicted molar refractivity (Wildman–Crippen MR) is 112 cm³/mol. The van der Waals surface area contributed by atoms with Gasteiger partial charge in [0.2, 0.25) is 5.91 Å². The van der Waals surface area contributed by atoms with Crippen LogP contribution in [0.25, 0.3) is 0 Å². The molecule has 6 heteroatoms. The highest BCUT2D eigenvalue weighted by molar-refractivity contribution is 5.76. The molecule has 0 aliphatic carbocycles. The second-order valence-electron chi connectivity index (χ2n) is 7.05. The monoisotopic (exact) mass is 381 g/mol. The molecule has 1 amide bonds. The van der Waals surface area contributed by atoms with Crippen LogP contribution in [0.4, 0.5) is 5.69 Å². The molecule has 2 rings (SSSR count). The van der Waals surface area contributed by atoms with Crippen molar-refractivity contribution in [3.63, 3.8) is 0 Å². The van der Waals surface area contributed by atoms with Crippen LogP contribution in [0.5, 0.6) is 0 Å². The first-order chi connectivity index (χ1) is 13.5. The lowest BCUT2D eigenvalue weighted by Crippen LogP contribution is -2.35. The number of carbonyl (C=O) groups is 1. The third-order valence-corrected chi connectivity index (χ3v) is 5.02. The van der Waals surface area contributed by atoms with Crippen molar-refractivity contribution < 1.29 is 4.79 Å². The number of carbonyl (C=O) groups excluding carboxylic acids is 1. The van der Waals surface area contributed by atoms with E-state index in [0.717, 1.165) is 30.0 Å². The molecule has 6 nitrogen and oxygen atoms in total. The van der Waals surface area contributed by atoms with Crippen LogP contribution in [0.1, 0.15) is 42.3 Å². The third kappa shape index (κ3) is 5.85. The molecule has 0 fully saturated rings. The molecule has 28 heavy (non-hydrogen) atoms. The van der Waals surface area contributed by atoms with Crippen LogP contribution in [-0.4, -0.2) is 35.3 Å². The summed E-state index contributed by atoms with van der Waals surface area (Å²) in [5, 5.41) is 16.3. The van der Waals surface area contributed by atoms with Crippen molar-refractivity contribution >= 4 is 11.6 Å². The summed E-state index contributed by atoms with van der Waals surface area (Å²) in [6.07, 6.45) is 1.56.